The van der Waals surface area contributed by atoms with E-state index in [0.717, 1.165) is 0 Å². The molecule has 114 valence electrons. The summed E-state index contributed by atoms with van der Waals surface area (Å²) in [6.07, 6.45) is -22.1. The van der Waals surface area contributed by atoms with Crippen LogP contribution in [0.4, 0.5) is 39.5 Å². The van der Waals surface area contributed by atoms with Gasteiger partial charge in [-0.1, -0.05) is 0 Å². The minimum atomic E-state index is -6.07. The summed E-state index contributed by atoms with van der Waals surface area (Å²) in [5.41, 5.74) is 0. The molecule has 1 rings (SSSR count). The van der Waals surface area contributed by atoms with Crippen molar-refractivity contribution in [1.82, 2.24) is 0 Å². The first-order chi connectivity index (χ1) is 8.08. The molecular weight excluding hydrogens is 323 g/mol. The molecule has 1 aliphatic heterocycles. The molecule has 0 bridgehead atoms. The third-order valence-corrected chi connectivity index (χ3v) is 3.88. The number of hydrogen-bond acceptors (Lipinski definition) is 3. The van der Waals surface area contributed by atoms with Crippen molar-refractivity contribution >= 4 is 10.1 Å². The van der Waals surface area contributed by atoms with Crippen molar-refractivity contribution in [2.24, 2.45) is 5.92 Å². The third kappa shape index (κ3) is 3.07. The van der Waals surface area contributed by atoms with E-state index < -0.39 is 45.9 Å². The summed E-state index contributed by atoms with van der Waals surface area (Å²) >= 11 is 0. The minimum Gasteiger partial charge on any atom is -0.256 e. The maximum atomic E-state index is 12.3. The van der Waals surface area contributed by atoms with Crippen LogP contribution in [0.5, 0.6) is 0 Å². The Balaban J connectivity index is 3.44. The van der Waals surface area contributed by atoms with Gasteiger partial charge in [-0.15, -0.1) is 0 Å². The van der Waals surface area contributed by atoms with E-state index in [1.165, 1.54) is 0 Å². The van der Waals surface area contributed by atoms with Gasteiger partial charge in [-0.05, 0) is 0 Å². The lowest BCUT2D eigenvalue weighted by Gasteiger charge is -2.25. The first kappa shape index (κ1) is 16.3. The van der Waals surface area contributed by atoms with Gasteiger partial charge in [-0.3, -0.25) is 4.18 Å². The molecule has 0 aromatic heterocycles. The van der Waals surface area contributed by atoms with Crippen molar-refractivity contribution in [3.05, 3.63) is 0 Å². The van der Waals surface area contributed by atoms with E-state index in [0.29, 0.717) is 0 Å². The highest BCUT2D eigenvalue weighted by Gasteiger charge is 2.74. The van der Waals surface area contributed by atoms with Crippen molar-refractivity contribution < 1.29 is 52.1 Å². The minimum absolute atomic E-state index is 3.00. The topological polar surface area (TPSA) is 43.4 Å². The zero-order valence-corrected chi connectivity index (χ0v) is 9.08. The second kappa shape index (κ2) is 4.14. The van der Waals surface area contributed by atoms with Crippen molar-refractivity contribution in [2.45, 2.75) is 29.9 Å². The zero-order chi connectivity index (χ0) is 15.4. The van der Waals surface area contributed by atoms with Crippen molar-refractivity contribution in [2.75, 3.05) is 0 Å². The van der Waals surface area contributed by atoms with E-state index in [2.05, 4.69) is 4.18 Å². The van der Waals surface area contributed by atoms with Gasteiger partial charge < -0.3 is 0 Å². The molecule has 13 heteroatoms. The molecule has 0 aromatic rings. The molecule has 3 nitrogen and oxygen atoms in total. The average Bonchev–Trinajstić information content (AvgIpc) is 2.33. The molecule has 3 unspecified atom stereocenters. The number of alkyl halides is 9. The van der Waals surface area contributed by atoms with Crippen LogP contribution >= 0.6 is 0 Å². The molecule has 0 radical (unpaired) electrons. The first-order valence-electron chi connectivity index (χ1n) is 4.20. The van der Waals surface area contributed by atoms with E-state index in [4.69, 9.17) is 0 Å². The highest BCUT2D eigenvalue weighted by Crippen LogP contribution is 2.51. The van der Waals surface area contributed by atoms with Crippen LogP contribution in [-0.4, -0.2) is 38.3 Å². The van der Waals surface area contributed by atoms with Gasteiger partial charge in [0.2, 0.25) is 0 Å². The van der Waals surface area contributed by atoms with E-state index >= 15 is 0 Å². The summed E-state index contributed by atoms with van der Waals surface area (Å²) < 4.78 is 135. The molecule has 0 amide bonds. The first-order valence-corrected chi connectivity index (χ1v) is 5.68. The molecule has 0 aliphatic carbocycles. The summed E-state index contributed by atoms with van der Waals surface area (Å²) in [6.45, 7) is 0. The SMILES string of the molecule is O=S1(=O)OC(C(F)(F)F)C(C(F)(F)F)C1C(F)(F)F. The van der Waals surface area contributed by atoms with Crippen LogP contribution in [-0.2, 0) is 14.3 Å². The lowest BCUT2D eigenvalue weighted by Crippen LogP contribution is -2.49. The van der Waals surface area contributed by atoms with Crippen molar-refractivity contribution in [3.8, 4) is 0 Å². The Morgan fingerprint density at radius 1 is 0.737 bits per heavy atom. The maximum Gasteiger partial charge on any atom is 0.416 e. The van der Waals surface area contributed by atoms with Gasteiger partial charge in [0.15, 0.2) is 11.4 Å². The van der Waals surface area contributed by atoms with Crippen molar-refractivity contribution in [3.63, 3.8) is 0 Å². The van der Waals surface area contributed by atoms with Crippen molar-refractivity contribution in [1.29, 1.82) is 0 Å². The van der Waals surface area contributed by atoms with Gasteiger partial charge in [-0.2, -0.15) is 47.9 Å². The largest absolute Gasteiger partial charge is 0.416 e. The van der Waals surface area contributed by atoms with Crippen LogP contribution in [0.25, 0.3) is 0 Å². The van der Waals surface area contributed by atoms with E-state index in [1.807, 2.05) is 0 Å². The zero-order valence-electron chi connectivity index (χ0n) is 8.27. The second-order valence-electron chi connectivity index (χ2n) is 3.58. The van der Waals surface area contributed by atoms with Gasteiger partial charge in [0.05, 0.1) is 0 Å². The Morgan fingerprint density at radius 3 is 1.42 bits per heavy atom. The van der Waals surface area contributed by atoms with Gasteiger partial charge >= 0.3 is 18.5 Å². The second-order valence-corrected chi connectivity index (χ2v) is 5.27. The number of rotatable bonds is 0. The molecule has 0 spiro atoms. The molecule has 1 fully saturated rings. The highest BCUT2D eigenvalue weighted by molar-refractivity contribution is 7.87. The summed E-state index contributed by atoms with van der Waals surface area (Å²) in [4.78, 5) is 0. The highest BCUT2D eigenvalue weighted by atomic mass is 32.2. The quantitative estimate of drug-likeness (QED) is 0.507. The summed E-state index contributed by atoms with van der Waals surface area (Å²) in [5.74, 6) is -4.25. The van der Waals surface area contributed by atoms with E-state index in [1.54, 1.807) is 0 Å². The lowest BCUT2D eigenvalue weighted by molar-refractivity contribution is -0.271. The van der Waals surface area contributed by atoms with Crippen LogP contribution in [0.15, 0.2) is 0 Å². The Kier molecular flexibility index (Phi) is 3.56. The van der Waals surface area contributed by atoms with Gasteiger partial charge in [-0.25, -0.2) is 0 Å². The van der Waals surface area contributed by atoms with Gasteiger partial charge in [0, 0.05) is 0 Å². The molecule has 1 heterocycles. The number of hydrogen-bond donors (Lipinski definition) is 0. The Hall–Kier alpha value is -0.720. The van der Waals surface area contributed by atoms with Crippen LogP contribution in [0, 0.1) is 5.92 Å². The van der Waals surface area contributed by atoms with Gasteiger partial charge in [0.1, 0.15) is 5.92 Å². The maximum absolute atomic E-state index is 12.3. The Morgan fingerprint density at radius 2 is 1.16 bits per heavy atom. The summed E-state index contributed by atoms with van der Waals surface area (Å²) in [5, 5.41) is -4.30. The summed E-state index contributed by atoms with van der Waals surface area (Å²) in [7, 11) is -6.07. The van der Waals surface area contributed by atoms with Crippen LogP contribution in [0.2, 0.25) is 0 Å². The van der Waals surface area contributed by atoms with Gasteiger partial charge in [0.25, 0.3) is 10.1 Å². The monoisotopic (exact) mass is 326 g/mol. The standard InChI is InChI=1S/C6H3F9O3S/c7-4(8,9)1-2(5(10,11)12)18-19(16,17)3(1)6(13,14)15/h1-3H. The smallest absolute Gasteiger partial charge is 0.256 e. The van der Waals surface area contributed by atoms with E-state index in [-0.39, 0.29) is 0 Å². The Labute approximate surface area is 99.0 Å². The molecule has 1 saturated heterocycles. The fourth-order valence-electron chi connectivity index (χ4n) is 1.57. The fraction of sp³-hybridized carbons (Fsp3) is 1.00. The fourth-order valence-corrected chi connectivity index (χ4v) is 3.19. The van der Waals surface area contributed by atoms with Crippen LogP contribution in [0.1, 0.15) is 0 Å². The molecule has 0 aromatic carbocycles. The average molecular weight is 326 g/mol. The van der Waals surface area contributed by atoms with Crippen LogP contribution < -0.4 is 0 Å². The lowest BCUT2D eigenvalue weighted by atomic mass is 9.96. The molecular formula is C6H3F9O3S. The molecule has 0 saturated carbocycles. The predicted molar refractivity (Wildman–Crippen MR) is 39.2 cm³/mol. The third-order valence-electron chi connectivity index (χ3n) is 2.22. The molecule has 3 atom stereocenters. The van der Waals surface area contributed by atoms with E-state index in [9.17, 15) is 47.9 Å². The molecule has 1 aliphatic rings. The predicted octanol–water partition coefficient (Wildman–Crippen LogP) is 2.39. The molecule has 19 heavy (non-hydrogen) atoms. The number of halogens is 9. The molecule has 0 N–H and O–H groups in total. The van der Waals surface area contributed by atoms with Crippen LogP contribution in [0.3, 0.4) is 0 Å². The normalized spacial score (nSPS) is 32.6. The Bertz CT molecular complexity index is 444. The summed E-state index contributed by atoms with van der Waals surface area (Å²) in [6, 6.07) is 0.